The molecule has 4 aliphatic rings. The topological polar surface area (TPSA) is 17.8 Å². The minimum atomic E-state index is -0.322. The molecule has 4 aliphatic carbocycles. The lowest BCUT2D eigenvalue weighted by Crippen LogP contribution is -2.54. The van der Waals surface area contributed by atoms with Gasteiger partial charge in [0, 0.05) is 17.9 Å². The highest BCUT2D eigenvalue weighted by atomic mass is 31.1. The molecule has 1 aromatic heterocycles. The summed E-state index contributed by atoms with van der Waals surface area (Å²) >= 11 is 0. The Morgan fingerprint density at radius 1 is 0.917 bits per heavy atom. The van der Waals surface area contributed by atoms with Gasteiger partial charge in [0.1, 0.15) is 5.57 Å². The second kappa shape index (κ2) is 5.32. The molecule has 0 aliphatic heterocycles. The Kier molecular flexibility index (Phi) is 3.78. The molecule has 134 valence electrons. The van der Waals surface area contributed by atoms with E-state index in [9.17, 15) is 0 Å². The Morgan fingerprint density at radius 3 is 1.79 bits per heavy atom. The van der Waals surface area contributed by atoms with Gasteiger partial charge in [0.05, 0.1) is 0 Å². The molecule has 0 aromatic carbocycles. The van der Waals surface area contributed by atoms with Crippen LogP contribution in [-0.4, -0.2) is 19.9 Å². The van der Waals surface area contributed by atoms with Crippen LogP contribution in [0.5, 0.6) is 0 Å². The van der Waals surface area contributed by atoms with Crippen LogP contribution in [0.2, 0.25) is 0 Å². The van der Waals surface area contributed by atoms with Crippen molar-refractivity contribution in [3.05, 3.63) is 12.4 Å². The molecule has 0 radical (unpaired) electrons. The third-order valence-corrected chi connectivity index (χ3v) is 10.1. The maximum Gasteiger partial charge on any atom is 0.132 e. The number of hydrogen-bond donors (Lipinski definition) is 0. The van der Waals surface area contributed by atoms with Crippen LogP contribution in [0.3, 0.4) is 0 Å². The molecule has 2 nitrogen and oxygen atoms in total. The first-order valence-electron chi connectivity index (χ1n) is 9.93. The summed E-state index contributed by atoms with van der Waals surface area (Å²) in [6.07, 6.45) is 13.2. The highest BCUT2D eigenvalue weighted by Crippen LogP contribution is 2.62. The second-order valence-corrected chi connectivity index (χ2v) is 14.7. The van der Waals surface area contributed by atoms with E-state index in [1.807, 2.05) is 0 Å². The van der Waals surface area contributed by atoms with E-state index in [0.717, 1.165) is 17.8 Å². The summed E-state index contributed by atoms with van der Waals surface area (Å²) in [6, 6.07) is 0. The number of imidazole rings is 1. The van der Waals surface area contributed by atoms with Gasteiger partial charge >= 0.3 is 0 Å². The van der Waals surface area contributed by atoms with Gasteiger partial charge < -0.3 is 4.57 Å². The van der Waals surface area contributed by atoms with Crippen LogP contribution in [0.15, 0.2) is 12.4 Å². The van der Waals surface area contributed by atoms with Crippen molar-refractivity contribution >= 4 is 13.5 Å². The summed E-state index contributed by atoms with van der Waals surface area (Å²) in [5.41, 5.74) is 1.82. The molecule has 0 N–H and O–H groups in total. The van der Waals surface area contributed by atoms with Gasteiger partial charge in [-0.1, -0.05) is 41.5 Å². The molecular weight excluding hydrogens is 311 g/mol. The number of aromatic nitrogens is 2. The van der Waals surface area contributed by atoms with Crippen LogP contribution in [0, 0.1) is 17.8 Å². The molecule has 3 heteroatoms. The number of hydrogen-bond acceptors (Lipinski definition) is 1. The fraction of sp³-hybridized carbons (Fsp3) is 0.857. The van der Waals surface area contributed by atoms with Crippen molar-refractivity contribution in [2.45, 2.75) is 95.9 Å². The summed E-state index contributed by atoms with van der Waals surface area (Å²) in [5, 5.41) is 0.581. The molecule has 5 rings (SSSR count). The maximum atomic E-state index is 5.00. The van der Waals surface area contributed by atoms with E-state index in [2.05, 4.69) is 58.5 Å². The monoisotopic (exact) mass is 346 g/mol. The summed E-state index contributed by atoms with van der Waals surface area (Å²) in [4.78, 5) is 5.00. The van der Waals surface area contributed by atoms with Crippen molar-refractivity contribution in [2.75, 3.05) is 0 Å². The van der Waals surface area contributed by atoms with Gasteiger partial charge in [0.25, 0.3) is 0 Å². The average molecular weight is 346 g/mol. The summed E-state index contributed by atoms with van der Waals surface area (Å²) in [5.74, 6) is 2.96. The third-order valence-electron chi connectivity index (χ3n) is 6.68. The molecule has 0 unspecified atom stereocenters. The van der Waals surface area contributed by atoms with Crippen molar-refractivity contribution < 1.29 is 0 Å². The van der Waals surface area contributed by atoms with E-state index in [1.54, 1.807) is 0 Å². The average Bonchev–Trinajstić information content (AvgIpc) is 2.82. The molecule has 4 fully saturated rings. The quantitative estimate of drug-likeness (QED) is 0.645. The zero-order valence-electron chi connectivity index (χ0n) is 16.5. The molecule has 0 saturated heterocycles. The standard InChI is InChI=1S/C21H35N2P/c1-19(2,3)24(20(4,5)6)18-22-7-8-23(18)21-12-15-9-16(13-21)11-17(10-15)14-21/h7-8,15-17H,9-14H2,1-6H3. The normalized spacial score (nSPS) is 35.9. The summed E-state index contributed by atoms with van der Waals surface area (Å²) < 4.78 is 2.71. The zero-order valence-corrected chi connectivity index (χ0v) is 17.4. The van der Waals surface area contributed by atoms with Crippen LogP contribution < -0.4 is 5.57 Å². The summed E-state index contributed by atoms with van der Waals surface area (Å²) in [6.45, 7) is 14.5. The molecule has 24 heavy (non-hydrogen) atoms. The largest absolute Gasteiger partial charge is 0.325 e. The SMILES string of the molecule is CC(C)(C)P(c1nccn1C12CC3CC(CC(C3)C1)C2)C(C)(C)C. The van der Waals surface area contributed by atoms with Crippen molar-refractivity contribution in [2.24, 2.45) is 17.8 Å². The van der Waals surface area contributed by atoms with Crippen LogP contribution in [0.1, 0.15) is 80.1 Å². The minimum absolute atomic E-state index is 0.291. The molecule has 4 saturated carbocycles. The molecule has 4 bridgehead atoms. The Bertz CT molecular complexity index is 567. The molecular formula is C21H35N2P. The van der Waals surface area contributed by atoms with Crippen LogP contribution >= 0.6 is 7.92 Å². The zero-order chi connectivity index (χ0) is 17.3. The third kappa shape index (κ3) is 2.68. The predicted molar refractivity (Wildman–Crippen MR) is 104 cm³/mol. The van der Waals surface area contributed by atoms with Gasteiger partial charge in [0.15, 0.2) is 0 Å². The first-order valence-corrected chi connectivity index (χ1v) is 11.3. The first kappa shape index (κ1) is 17.1. The van der Waals surface area contributed by atoms with E-state index in [1.165, 1.54) is 44.1 Å². The number of nitrogens with zero attached hydrogens (tertiary/aromatic N) is 2. The lowest BCUT2D eigenvalue weighted by atomic mass is 9.53. The molecule has 1 aromatic rings. The van der Waals surface area contributed by atoms with Crippen LogP contribution in [0.25, 0.3) is 0 Å². The van der Waals surface area contributed by atoms with Crippen LogP contribution in [0.4, 0.5) is 0 Å². The van der Waals surface area contributed by atoms with Gasteiger partial charge in [-0.05, 0) is 74.5 Å². The van der Waals surface area contributed by atoms with Gasteiger partial charge in [-0.15, -0.1) is 0 Å². The summed E-state index contributed by atoms with van der Waals surface area (Å²) in [7, 11) is -0.322. The van der Waals surface area contributed by atoms with Crippen molar-refractivity contribution in [1.82, 2.24) is 9.55 Å². The van der Waals surface area contributed by atoms with Gasteiger partial charge in [-0.2, -0.15) is 0 Å². The Hall–Kier alpha value is -0.360. The lowest BCUT2D eigenvalue weighted by molar-refractivity contribution is -0.0415. The Balaban J connectivity index is 1.78. The Morgan fingerprint density at radius 2 is 1.38 bits per heavy atom. The second-order valence-electron chi connectivity index (χ2n) is 10.9. The Labute approximate surface area is 149 Å². The van der Waals surface area contributed by atoms with E-state index in [0.29, 0.717) is 15.9 Å². The molecule has 1 heterocycles. The van der Waals surface area contributed by atoms with E-state index < -0.39 is 0 Å². The van der Waals surface area contributed by atoms with Gasteiger partial charge in [-0.3, -0.25) is 0 Å². The molecule has 0 amide bonds. The van der Waals surface area contributed by atoms with Gasteiger partial charge in [0.2, 0.25) is 0 Å². The van der Waals surface area contributed by atoms with Gasteiger partial charge in [-0.25, -0.2) is 4.98 Å². The molecule has 0 spiro atoms. The van der Waals surface area contributed by atoms with Crippen molar-refractivity contribution in [3.8, 4) is 0 Å². The highest BCUT2D eigenvalue weighted by Gasteiger charge is 2.53. The first-order chi connectivity index (χ1) is 11.1. The lowest BCUT2D eigenvalue weighted by Gasteiger charge is -2.58. The fourth-order valence-electron chi connectivity index (χ4n) is 6.80. The maximum absolute atomic E-state index is 5.00. The smallest absolute Gasteiger partial charge is 0.132 e. The predicted octanol–water partition coefficient (Wildman–Crippen LogP) is 5.51. The fourth-order valence-corrected chi connectivity index (χ4v) is 10.7. The number of rotatable bonds is 2. The minimum Gasteiger partial charge on any atom is -0.325 e. The van der Waals surface area contributed by atoms with Crippen molar-refractivity contribution in [3.63, 3.8) is 0 Å². The van der Waals surface area contributed by atoms with E-state index >= 15 is 0 Å². The highest BCUT2D eigenvalue weighted by molar-refractivity contribution is 7.68. The van der Waals surface area contributed by atoms with Crippen molar-refractivity contribution in [1.29, 1.82) is 0 Å². The van der Waals surface area contributed by atoms with Crippen LogP contribution in [-0.2, 0) is 5.54 Å². The molecule has 0 atom stereocenters. The van der Waals surface area contributed by atoms with E-state index in [-0.39, 0.29) is 7.92 Å². The van der Waals surface area contributed by atoms with E-state index in [4.69, 9.17) is 4.98 Å².